The van der Waals surface area contributed by atoms with Gasteiger partial charge in [-0.15, -0.1) is 0 Å². The van der Waals surface area contributed by atoms with Gasteiger partial charge in [-0.05, 0) is 36.8 Å². The summed E-state index contributed by atoms with van der Waals surface area (Å²) in [6.45, 7) is 1.77. The number of esters is 1. The molecule has 4 rings (SSSR count). The lowest BCUT2D eigenvalue weighted by atomic mass is 9.99. The van der Waals surface area contributed by atoms with Gasteiger partial charge < -0.3 is 19.9 Å². The van der Waals surface area contributed by atoms with Crippen LogP contribution in [0.2, 0.25) is 0 Å². The van der Waals surface area contributed by atoms with Gasteiger partial charge in [0, 0.05) is 0 Å². The summed E-state index contributed by atoms with van der Waals surface area (Å²) in [6, 6.07) is 10.4. The summed E-state index contributed by atoms with van der Waals surface area (Å²) in [5.74, 6) is 0.0171. The average Bonchev–Trinajstić information content (AvgIpc) is 3.10. The number of hydrogen-bond acceptors (Lipinski definition) is 7. The van der Waals surface area contributed by atoms with Crippen molar-refractivity contribution in [3.05, 3.63) is 74.3 Å². The van der Waals surface area contributed by atoms with Crippen LogP contribution >= 0.6 is 0 Å². The highest BCUT2D eigenvalue weighted by atomic mass is 16.5. The molecule has 2 aromatic carbocycles. The van der Waals surface area contributed by atoms with E-state index in [4.69, 9.17) is 19.9 Å². The van der Waals surface area contributed by atoms with Crippen LogP contribution in [0.1, 0.15) is 18.5 Å². The normalized spacial score (nSPS) is 15.1. The number of aromatic nitrogens is 2. The molecule has 0 radical (unpaired) electrons. The molecule has 2 heterocycles. The Morgan fingerprint density at radius 2 is 1.65 bits per heavy atom. The molecule has 1 atom stereocenters. The fourth-order valence-electron chi connectivity index (χ4n) is 3.87. The smallest absolute Gasteiger partial charge is 0.340 e. The summed E-state index contributed by atoms with van der Waals surface area (Å²) in [5, 5.41) is 0.440. The first-order chi connectivity index (χ1) is 14.9. The van der Waals surface area contributed by atoms with Gasteiger partial charge in [-0.1, -0.05) is 18.2 Å². The van der Waals surface area contributed by atoms with Crippen LogP contribution in [0.5, 0.6) is 11.5 Å². The highest BCUT2D eigenvalue weighted by Crippen LogP contribution is 2.37. The van der Waals surface area contributed by atoms with Gasteiger partial charge in [-0.25, -0.2) is 9.48 Å². The molecule has 2 N–H and O–H groups in total. The Labute approximate surface area is 176 Å². The Hall–Kier alpha value is -4.01. The molecule has 9 nitrogen and oxygen atoms in total. The molecule has 0 spiro atoms. The van der Waals surface area contributed by atoms with Gasteiger partial charge in [-0.2, -0.15) is 4.68 Å². The molecule has 0 saturated carbocycles. The van der Waals surface area contributed by atoms with Crippen molar-refractivity contribution >= 4 is 22.6 Å². The predicted molar refractivity (Wildman–Crippen MR) is 114 cm³/mol. The maximum absolute atomic E-state index is 13.4. The third kappa shape index (κ3) is 2.97. The van der Waals surface area contributed by atoms with E-state index in [0.29, 0.717) is 17.1 Å². The largest absolute Gasteiger partial charge is 0.493 e. The van der Waals surface area contributed by atoms with E-state index in [9.17, 15) is 14.4 Å². The van der Waals surface area contributed by atoms with Crippen molar-refractivity contribution in [3.63, 3.8) is 0 Å². The number of carbonyl (C=O) groups is 1. The molecule has 0 amide bonds. The first-order valence-corrected chi connectivity index (χ1v) is 9.60. The van der Waals surface area contributed by atoms with Crippen LogP contribution in [0, 0.1) is 0 Å². The molecule has 0 fully saturated rings. The molecule has 160 valence electrons. The van der Waals surface area contributed by atoms with Crippen LogP contribution < -0.4 is 26.3 Å². The summed E-state index contributed by atoms with van der Waals surface area (Å²) in [7, 11) is 2.98. The van der Waals surface area contributed by atoms with Crippen molar-refractivity contribution < 1.29 is 19.0 Å². The van der Waals surface area contributed by atoms with Crippen LogP contribution in [0.4, 0.5) is 0 Å². The first-order valence-electron chi connectivity index (χ1n) is 9.60. The van der Waals surface area contributed by atoms with E-state index < -0.39 is 23.1 Å². The lowest BCUT2D eigenvalue weighted by molar-refractivity contribution is -0.138. The number of ether oxygens (including phenoxy) is 3. The van der Waals surface area contributed by atoms with E-state index >= 15 is 0 Å². The lowest BCUT2D eigenvalue weighted by Crippen LogP contribution is -2.38. The van der Waals surface area contributed by atoms with Crippen molar-refractivity contribution in [1.29, 1.82) is 0 Å². The zero-order valence-electron chi connectivity index (χ0n) is 17.2. The van der Waals surface area contributed by atoms with Crippen molar-refractivity contribution in [2.24, 2.45) is 5.73 Å². The van der Waals surface area contributed by atoms with E-state index in [1.54, 1.807) is 49.4 Å². The van der Waals surface area contributed by atoms with Crippen LogP contribution in [0.15, 0.2) is 57.6 Å². The van der Waals surface area contributed by atoms with E-state index in [1.807, 2.05) is 0 Å². The van der Waals surface area contributed by atoms with Crippen molar-refractivity contribution in [3.8, 4) is 11.5 Å². The van der Waals surface area contributed by atoms with Gasteiger partial charge in [0.25, 0.3) is 11.1 Å². The van der Waals surface area contributed by atoms with Gasteiger partial charge in [0.05, 0.1) is 31.6 Å². The molecule has 1 aliphatic heterocycles. The van der Waals surface area contributed by atoms with Crippen molar-refractivity contribution in [1.82, 2.24) is 9.36 Å². The second-order valence-corrected chi connectivity index (χ2v) is 6.85. The summed E-state index contributed by atoms with van der Waals surface area (Å²) in [6.07, 6.45) is 0. The Kier molecular flexibility index (Phi) is 5.02. The monoisotopic (exact) mass is 423 g/mol. The molecular weight excluding hydrogens is 402 g/mol. The number of fused-ring (bicyclic) bond motifs is 2. The second kappa shape index (κ2) is 7.67. The average molecular weight is 423 g/mol. The van der Waals surface area contributed by atoms with E-state index in [2.05, 4.69) is 0 Å². The van der Waals surface area contributed by atoms with Crippen LogP contribution in [-0.2, 0) is 9.53 Å². The van der Waals surface area contributed by atoms with Gasteiger partial charge >= 0.3 is 5.97 Å². The third-order valence-electron chi connectivity index (χ3n) is 5.24. The van der Waals surface area contributed by atoms with Crippen molar-refractivity contribution in [2.45, 2.75) is 13.0 Å². The predicted octanol–water partition coefficient (Wildman–Crippen LogP) is 1.47. The summed E-state index contributed by atoms with van der Waals surface area (Å²) in [5.41, 5.74) is 5.81. The maximum atomic E-state index is 13.4. The minimum absolute atomic E-state index is 0.00331. The molecule has 0 saturated heterocycles. The summed E-state index contributed by atoms with van der Waals surface area (Å²) < 4.78 is 18.1. The molecule has 0 bridgehead atoms. The number of benzene rings is 2. The number of nitrogens with two attached hydrogens (primary N) is 1. The molecular formula is C22H21N3O6. The number of hydrogen-bond donors (Lipinski definition) is 1. The molecule has 3 aromatic rings. The second-order valence-electron chi connectivity index (χ2n) is 6.85. The van der Waals surface area contributed by atoms with Gasteiger partial charge in [-0.3, -0.25) is 9.59 Å². The number of carbonyl (C=O) groups excluding carboxylic acids is 1. The minimum atomic E-state index is -0.983. The molecule has 9 heteroatoms. The summed E-state index contributed by atoms with van der Waals surface area (Å²) >= 11 is 0. The van der Waals surface area contributed by atoms with Crippen molar-refractivity contribution in [2.75, 3.05) is 20.8 Å². The molecule has 31 heavy (non-hydrogen) atoms. The highest BCUT2D eigenvalue weighted by molar-refractivity contribution is 5.97. The minimum Gasteiger partial charge on any atom is -0.493 e. The first kappa shape index (κ1) is 20.3. The van der Waals surface area contributed by atoms with E-state index in [1.165, 1.54) is 18.9 Å². The lowest BCUT2D eigenvalue weighted by Gasteiger charge is -2.19. The molecule has 1 aliphatic rings. The quantitative estimate of drug-likeness (QED) is 0.618. The summed E-state index contributed by atoms with van der Waals surface area (Å²) in [4.78, 5) is 39.5. The Bertz CT molecular complexity index is 1350. The Morgan fingerprint density at radius 3 is 2.26 bits per heavy atom. The third-order valence-corrected chi connectivity index (χ3v) is 5.24. The Morgan fingerprint density at radius 1 is 1.00 bits per heavy atom. The van der Waals surface area contributed by atoms with Crippen LogP contribution in [0.3, 0.4) is 0 Å². The molecule has 1 aromatic heterocycles. The molecule has 1 unspecified atom stereocenters. The SMILES string of the molecule is CCOC(=O)C1=C(N)n2c(=O)c3ccccc3c(=O)n2C1c1ccc(OC)c(OC)c1. The zero-order chi connectivity index (χ0) is 22.3. The number of nitrogens with zero attached hydrogens (tertiary/aromatic N) is 2. The van der Waals surface area contributed by atoms with E-state index in [-0.39, 0.29) is 28.8 Å². The zero-order valence-corrected chi connectivity index (χ0v) is 17.2. The number of methoxy groups -OCH3 is 2. The standard InChI is InChI=1S/C22H21N3O6/c1-4-31-22(28)17-18(12-9-10-15(29-2)16(11-12)30-3)24-20(26)13-7-5-6-8-14(13)21(27)25(24)19(17)23/h5-11,18H,4,23H2,1-3H3. The van der Waals surface area contributed by atoms with Crippen LogP contribution in [0.25, 0.3) is 16.6 Å². The fraction of sp³-hybridized carbons (Fsp3) is 0.227. The van der Waals surface area contributed by atoms with Gasteiger partial charge in [0.2, 0.25) is 0 Å². The van der Waals surface area contributed by atoms with E-state index in [0.717, 1.165) is 4.68 Å². The van der Waals surface area contributed by atoms with Gasteiger partial charge in [0.15, 0.2) is 11.5 Å². The number of rotatable bonds is 5. The fourth-order valence-corrected chi connectivity index (χ4v) is 3.87. The highest BCUT2D eigenvalue weighted by Gasteiger charge is 2.39. The van der Waals surface area contributed by atoms with Gasteiger partial charge in [0.1, 0.15) is 17.4 Å². The Balaban J connectivity index is 2.08. The van der Waals surface area contributed by atoms with Crippen LogP contribution in [-0.4, -0.2) is 36.2 Å². The maximum Gasteiger partial charge on any atom is 0.340 e. The topological polar surface area (TPSA) is 115 Å². The molecule has 0 aliphatic carbocycles.